The van der Waals surface area contributed by atoms with E-state index in [1.54, 1.807) is 6.26 Å². The third-order valence-corrected chi connectivity index (χ3v) is 2.23. The van der Waals surface area contributed by atoms with Crippen molar-refractivity contribution in [3.63, 3.8) is 0 Å². The minimum atomic E-state index is 0.901. The molecule has 1 aromatic carbocycles. The highest BCUT2D eigenvalue weighted by atomic mass is 16.3. The summed E-state index contributed by atoms with van der Waals surface area (Å²) in [5, 5.41) is 3.15. The molecule has 1 heterocycles. The van der Waals surface area contributed by atoms with Crippen LogP contribution in [0.4, 0.5) is 5.69 Å². The summed E-state index contributed by atoms with van der Waals surface area (Å²) < 4.78 is 5.38. The third-order valence-electron chi connectivity index (χ3n) is 2.23. The van der Waals surface area contributed by atoms with E-state index in [1.165, 1.54) is 5.56 Å². The normalized spacial score (nSPS) is 9.25. The van der Waals surface area contributed by atoms with E-state index in [1.807, 2.05) is 33.0 Å². The molecule has 0 bridgehead atoms. The first kappa shape index (κ1) is 12.4. The third kappa shape index (κ3) is 2.66. The van der Waals surface area contributed by atoms with E-state index < -0.39 is 0 Å². The van der Waals surface area contributed by atoms with Gasteiger partial charge in [-0.1, -0.05) is 25.5 Å². The van der Waals surface area contributed by atoms with Crippen LogP contribution in [0.2, 0.25) is 0 Å². The molecule has 2 rings (SSSR count). The van der Waals surface area contributed by atoms with E-state index in [9.17, 15) is 0 Å². The molecule has 0 aliphatic carbocycles. The number of hydrogen-bond donors (Lipinski definition) is 1. The maximum Gasteiger partial charge on any atom is 0.135 e. The number of aryl methyl sites for hydroxylation is 1. The summed E-state index contributed by atoms with van der Waals surface area (Å²) in [4.78, 5) is 0. The molecule has 0 spiro atoms. The molecule has 0 saturated carbocycles. The highest BCUT2D eigenvalue weighted by molar-refractivity contribution is 5.75. The molecule has 1 N–H and O–H groups in total. The average molecular weight is 217 g/mol. The lowest BCUT2D eigenvalue weighted by Crippen LogP contribution is -1.91. The van der Waals surface area contributed by atoms with Gasteiger partial charge >= 0.3 is 0 Å². The van der Waals surface area contributed by atoms with Gasteiger partial charge in [-0.05, 0) is 31.2 Å². The van der Waals surface area contributed by atoms with Crippen LogP contribution in [-0.2, 0) is 0 Å². The second-order valence-corrected chi connectivity index (χ2v) is 3.28. The van der Waals surface area contributed by atoms with E-state index in [-0.39, 0.29) is 0 Å². The van der Waals surface area contributed by atoms with E-state index in [4.69, 9.17) is 4.42 Å². The predicted octanol–water partition coefficient (Wildman–Crippen LogP) is 4.32. The predicted molar refractivity (Wildman–Crippen MR) is 69.8 cm³/mol. The molecule has 0 radical (unpaired) electrons. The van der Waals surface area contributed by atoms with Crippen LogP contribution in [0.1, 0.15) is 19.4 Å². The van der Waals surface area contributed by atoms with Crippen molar-refractivity contribution in [3.8, 4) is 11.3 Å². The molecule has 0 saturated heterocycles. The molecule has 0 fully saturated rings. The summed E-state index contributed by atoms with van der Waals surface area (Å²) in [5.74, 6) is 0.901. The van der Waals surface area contributed by atoms with Gasteiger partial charge in [0, 0.05) is 18.3 Å². The fraction of sp³-hybridized carbons (Fsp3) is 0.286. The molecule has 0 atom stereocenters. The van der Waals surface area contributed by atoms with Crippen LogP contribution in [-0.4, -0.2) is 7.05 Å². The van der Waals surface area contributed by atoms with Gasteiger partial charge in [-0.25, -0.2) is 0 Å². The van der Waals surface area contributed by atoms with Gasteiger partial charge in [0.25, 0.3) is 0 Å². The molecule has 0 unspecified atom stereocenters. The van der Waals surface area contributed by atoms with E-state index >= 15 is 0 Å². The van der Waals surface area contributed by atoms with E-state index in [0.29, 0.717) is 0 Å². The smallest absolute Gasteiger partial charge is 0.135 e. The standard InChI is InChI=1S/C12H13NO.C2H6/c1-9-5-6-11(13-2)10(8-9)12-4-3-7-14-12;1-2/h3-8,13H,1-2H3;1-2H3. The first-order valence-electron chi connectivity index (χ1n) is 5.63. The number of nitrogens with one attached hydrogen (secondary N) is 1. The lowest BCUT2D eigenvalue weighted by Gasteiger charge is -2.07. The van der Waals surface area contributed by atoms with Crippen molar-refractivity contribution >= 4 is 5.69 Å². The van der Waals surface area contributed by atoms with E-state index in [2.05, 4.69) is 30.4 Å². The highest BCUT2D eigenvalue weighted by Crippen LogP contribution is 2.28. The molecule has 0 aliphatic rings. The van der Waals surface area contributed by atoms with Crippen molar-refractivity contribution in [1.82, 2.24) is 0 Å². The zero-order chi connectivity index (χ0) is 12.0. The van der Waals surface area contributed by atoms with Crippen molar-refractivity contribution < 1.29 is 4.42 Å². The lowest BCUT2D eigenvalue weighted by molar-refractivity contribution is 0.582. The Morgan fingerprint density at radius 2 is 1.88 bits per heavy atom. The lowest BCUT2D eigenvalue weighted by atomic mass is 10.1. The molecule has 2 heteroatoms. The molecular weight excluding hydrogens is 198 g/mol. The van der Waals surface area contributed by atoms with Crippen molar-refractivity contribution in [2.75, 3.05) is 12.4 Å². The summed E-state index contributed by atoms with van der Waals surface area (Å²) >= 11 is 0. The molecule has 0 aliphatic heterocycles. The minimum Gasteiger partial charge on any atom is -0.464 e. The van der Waals surface area contributed by atoms with Crippen LogP contribution in [0.25, 0.3) is 11.3 Å². The van der Waals surface area contributed by atoms with Crippen molar-refractivity contribution in [2.24, 2.45) is 0 Å². The Bertz CT molecular complexity index is 418. The molecule has 0 amide bonds. The average Bonchev–Trinajstić information content (AvgIpc) is 2.85. The first-order valence-corrected chi connectivity index (χ1v) is 5.63. The topological polar surface area (TPSA) is 25.2 Å². The summed E-state index contributed by atoms with van der Waals surface area (Å²) in [7, 11) is 1.91. The van der Waals surface area contributed by atoms with Crippen molar-refractivity contribution in [2.45, 2.75) is 20.8 Å². The second kappa shape index (κ2) is 6.01. The molecular formula is C14H19NO. The summed E-state index contributed by atoms with van der Waals surface area (Å²) in [6.45, 7) is 6.08. The van der Waals surface area contributed by atoms with Gasteiger partial charge in [-0.2, -0.15) is 0 Å². The van der Waals surface area contributed by atoms with Gasteiger partial charge in [0.15, 0.2) is 0 Å². The first-order chi connectivity index (χ1) is 7.81. The maximum atomic E-state index is 5.38. The van der Waals surface area contributed by atoms with Crippen molar-refractivity contribution in [1.29, 1.82) is 0 Å². The quantitative estimate of drug-likeness (QED) is 0.810. The fourth-order valence-electron chi connectivity index (χ4n) is 1.51. The van der Waals surface area contributed by atoms with Crippen LogP contribution < -0.4 is 5.32 Å². The largest absolute Gasteiger partial charge is 0.464 e. The summed E-state index contributed by atoms with van der Waals surface area (Å²) in [6.07, 6.45) is 1.69. The van der Waals surface area contributed by atoms with Crippen LogP contribution >= 0.6 is 0 Å². The monoisotopic (exact) mass is 217 g/mol. The fourth-order valence-corrected chi connectivity index (χ4v) is 1.51. The maximum absolute atomic E-state index is 5.38. The Kier molecular flexibility index (Phi) is 4.65. The molecule has 86 valence electrons. The van der Waals surface area contributed by atoms with E-state index in [0.717, 1.165) is 17.0 Å². The second-order valence-electron chi connectivity index (χ2n) is 3.28. The van der Waals surface area contributed by atoms with Crippen LogP contribution in [0.3, 0.4) is 0 Å². The van der Waals surface area contributed by atoms with Crippen LogP contribution in [0.15, 0.2) is 41.0 Å². The molecule has 2 aromatic rings. The Balaban J connectivity index is 0.000000606. The Morgan fingerprint density at radius 1 is 1.12 bits per heavy atom. The molecule has 16 heavy (non-hydrogen) atoms. The minimum absolute atomic E-state index is 0.901. The zero-order valence-electron chi connectivity index (χ0n) is 10.4. The van der Waals surface area contributed by atoms with Gasteiger partial charge in [-0.3, -0.25) is 0 Å². The van der Waals surface area contributed by atoms with Crippen LogP contribution in [0, 0.1) is 6.92 Å². The number of anilines is 1. The number of benzene rings is 1. The Morgan fingerprint density at radius 3 is 2.44 bits per heavy atom. The SMILES string of the molecule is CC.CNc1ccc(C)cc1-c1ccco1. The van der Waals surface area contributed by atoms with Gasteiger partial charge in [0.1, 0.15) is 5.76 Å². The number of rotatable bonds is 2. The Hall–Kier alpha value is -1.70. The summed E-state index contributed by atoms with van der Waals surface area (Å²) in [5.41, 5.74) is 3.43. The van der Waals surface area contributed by atoms with Gasteiger partial charge in [0.2, 0.25) is 0 Å². The number of furan rings is 1. The van der Waals surface area contributed by atoms with Gasteiger partial charge < -0.3 is 9.73 Å². The highest BCUT2D eigenvalue weighted by Gasteiger charge is 2.05. The number of hydrogen-bond acceptors (Lipinski definition) is 2. The van der Waals surface area contributed by atoms with Crippen molar-refractivity contribution in [3.05, 3.63) is 42.2 Å². The van der Waals surface area contributed by atoms with Gasteiger partial charge in [0.05, 0.1) is 6.26 Å². The van der Waals surface area contributed by atoms with Crippen LogP contribution in [0.5, 0.6) is 0 Å². The zero-order valence-corrected chi connectivity index (χ0v) is 10.4. The summed E-state index contributed by atoms with van der Waals surface area (Å²) in [6, 6.07) is 10.1. The molecule has 2 nitrogen and oxygen atoms in total. The Labute approximate surface area is 97.3 Å². The molecule has 1 aromatic heterocycles. The van der Waals surface area contributed by atoms with Gasteiger partial charge in [-0.15, -0.1) is 0 Å².